The predicted molar refractivity (Wildman–Crippen MR) is 113 cm³/mol. The summed E-state index contributed by atoms with van der Waals surface area (Å²) in [6.45, 7) is 3.88. The van der Waals surface area contributed by atoms with Gasteiger partial charge in [0.2, 0.25) is 11.8 Å². The van der Waals surface area contributed by atoms with Crippen LogP contribution in [0.1, 0.15) is 19.4 Å². The van der Waals surface area contributed by atoms with E-state index in [-0.39, 0.29) is 5.91 Å². The van der Waals surface area contributed by atoms with E-state index >= 15 is 0 Å². The molecule has 8 heteroatoms. The van der Waals surface area contributed by atoms with Gasteiger partial charge >= 0.3 is 0 Å². The van der Waals surface area contributed by atoms with Gasteiger partial charge in [-0.25, -0.2) is 0 Å². The number of amides is 1. The molecule has 1 aromatic heterocycles. The van der Waals surface area contributed by atoms with E-state index in [1.165, 1.54) is 17.3 Å². The molecule has 152 valence electrons. The third kappa shape index (κ3) is 5.29. The molecule has 1 amide bonds. The number of thioether (sulfide) groups is 1. The minimum Gasteiger partial charge on any atom is -0.497 e. The standard InChI is InChI=1S/C21H23N3O4S/c1-5-14-6-8-16(9-7-14)22-19(25)13(2)29-21-24-23-20(28-21)15-10-17(26-3)12-18(11-15)27-4/h6-13H,5H2,1-4H3,(H,22,25)/t13-/m1/s1. The largest absolute Gasteiger partial charge is 0.497 e. The first-order chi connectivity index (χ1) is 14.0. The first-order valence-corrected chi connectivity index (χ1v) is 10.0. The third-order valence-electron chi connectivity index (χ3n) is 4.28. The van der Waals surface area contributed by atoms with E-state index in [4.69, 9.17) is 13.9 Å². The Labute approximate surface area is 173 Å². The van der Waals surface area contributed by atoms with E-state index in [2.05, 4.69) is 22.4 Å². The highest BCUT2D eigenvalue weighted by atomic mass is 32.2. The van der Waals surface area contributed by atoms with E-state index < -0.39 is 5.25 Å². The van der Waals surface area contributed by atoms with Crippen molar-refractivity contribution in [1.29, 1.82) is 0 Å². The zero-order chi connectivity index (χ0) is 20.8. The van der Waals surface area contributed by atoms with Gasteiger partial charge in [0, 0.05) is 17.3 Å². The van der Waals surface area contributed by atoms with Gasteiger partial charge in [0.1, 0.15) is 11.5 Å². The van der Waals surface area contributed by atoms with E-state index in [1.807, 2.05) is 24.3 Å². The predicted octanol–water partition coefficient (Wildman–Crippen LogP) is 4.44. The summed E-state index contributed by atoms with van der Waals surface area (Å²) >= 11 is 1.20. The molecule has 0 fully saturated rings. The fourth-order valence-electron chi connectivity index (χ4n) is 2.58. The Hall–Kier alpha value is -3.00. The summed E-state index contributed by atoms with van der Waals surface area (Å²) < 4.78 is 16.2. The van der Waals surface area contributed by atoms with E-state index in [1.54, 1.807) is 39.3 Å². The SMILES string of the molecule is CCc1ccc(NC(=O)[C@@H](C)Sc2nnc(-c3cc(OC)cc(OC)c3)o2)cc1. The van der Waals surface area contributed by atoms with Crippen LogP contribution in [0, 0.1) is 0 Å². The van der Waals surface area contributed by atoms with Gasteiger partial charge in [0.25, 0.3) is 5.22 Å². The Bertz CT molecular complexity index is 950. The average Bonchev–Trinajstić information content (AvgIpc) is 3.22. The monoisotopic (exact) mass is 413 g/mol. The number of carbonyl (C=O) groups is 1. The van der Waals surface area contributed by atoms with Crippen LogP contribution in [-0.2, 0) is 11.2 Å². The number of carbonyl (C=O) groups excluding carboxylic acids is 1. The van der Waals surface area contributed by atoms with Crippen molar-refractivity contribution in [3.8, 4) is 23.0 Å². The normalized spacial score (nSPS) is 11.7. The minimum atomic E-state index is -0.408. The molecule has 0 bridgehead atoms. The average molecular weight is 413 g/mol. The van der Waals surface area contributed by atoms with E-state index in [0.717, 1.165) is 12.1 Å². The molecular formula is C21H23N3O4S. The summed E-state index contributed by atoms with van der Waals surface area (Å²) in [5.74, 6) is 1.43. The van der Waals surface area contributed by atoms with E-state index in [9.17, 15) is 4.79 Å². The van der Waals surface area contributed by atoms with Crippen molar-refractivity contribution in [2.75, 3.05) is 19.5 Å². The van der Waals surface area contributed by atoms with Crippen molar-refractivity contribution in [2.24, 2.45) is 0 Å². The van der Waals surface area contributed by atoms with Gasteiger partial charge in [-0.3, -0.25) is 4.79 Å². The maximum atomic E-state index is 12.5. The molecule has 7 nitrogen and oxygen atoms in total. The minimum absolute atomic E-state index is 0.137. The van der Waals surface area contributed by atoms with Crippen molar-refractivity contribution in [3.63, 3.8) is 0 Å². The van der Waals surface area contributed by atoms with Gasteiger partial charge < -0.3 is 19.2 Å². The first-order valence-electron chi connectivity index (χ1n) is 9.15. The summed E-state index contributed by atoms with van der Waals surface area (Å²) in [6.07, 6.45) is 0.957. The summed E-state index contributed by atoms with van der Waals surface area (Å²) in [5.41, 5.74) is 2.65. The number of nitrogens with one attached hydrogen (secondary N) is 1. The lowest BCUT2D eigenvalue weighted by Crippen LogP contribution is -2.22. The second-order valence-corrected chi connectivity index (χ2v) is 7.57. The molecule has 0 aliphatic heterocycles. The topological polar surface area (TPSA) is 86.5 Å². The smallest absolute Gasteiger partial charge is 0.277 e. The van der Waals surface area contributed by atoms with Crippen molar-refractivity contribution in [1.82, 2.24) is 10.2 Å². The van der Waals surface area contributed by atoms with Crippen LogP contribution in [0.3, 0.4) is 0 Å². The summed E-state index contributed by atoms with van der Waals surface area (Å²) in [7, 11) is 3.15. The molecule has 0 radical (unpaired) electrons. The number of rotatable bonds is 8. The van der Waals surface area contributed by atoms with Gasteiger partial charge in [-0.1, -0.05) is 30.8 Å². The Morgan fingerprint density at radius 1 is 1.10 bits per heavy atom. The highest BCUT2D eigenvalue weighted by molar-refractivity contribution is 8.00. The summed E-state index contributed by atoms with van der Waals surface area (Å²) in [4.78, 5) is 12.5. The summed E-state index contributed by atoms with van der Waals surface area (Å²) in [6, 6.07) is 13.1. The fourth-order valence-corrected chi connectivity index (χ4v) is 3.26. The van der Waals surface area contributed by atoms with Gasteiger partial charge in [-0.05, 0) is 43.2 Å². The van der Waals surface area contributed by atoms with Crippen LogP contribution in [0.2, 0.25) is 0 Å². The van der Waals surface area contributed by atoms with Gasteiger partial charge in [0.15, 0.2) is 0 Å². The van der Waals surface area contributed by atoms with Crippen LogP contribution in [0.5, 0.6) is 11.5 Å². The molecule has 1 atom stereocenters. The lowest BCUT2D eigenvalue weighted by Gasteiger charge is -2.10. The maximum absolute atomic E-state index is 12.5. The Morgan fingerprint density at radius 3 is 2.34 bits per heavy atom. The van der Waals surface area contributed by atoms with Crippen LogP contribution in [-0.4, -0.2) is 35.6 Å². The van der Waals surface area contributed by atoms with Crippen molar-refractivity contribution in [3.05, 3.63) is 48.0 Å². The number of methoxy groups -OCH3 is 2. The number of aryl methyl sites for hydroxylation is 1. The fraction of sp³-hybridized carbons (Fsp3) is 0.286. The Morgan fingerprint density at radius 2 is 1.76 bits per heavy atom. The number of benzene rings is 2. The van der Waals surface area contributed by atoms with Gasteiger partial charge in [-0.2, -0.15) is 0 Å². The van der Waals surface area contributed by atoms with Crippen LogP contribution in [0.25, 0.3) is 11.5 Å². The van der Waals surface area contributed by atoms with Crippen LogP contribution in [0.15, 0.2) is 52.1 Å². The van der Waals surface area contributed by atoms with Crippen LogP contribution in [0.4, 0.5) is 5.69 Å². The lowest BCUT2D eigenvalue weighted by molar-refractivity contribution is -0.115. The number of nitrogens with zero attached hydrogens (tertiary/aromatic N) is 2. The zero-order valence-electron chi connectivity index (χ0n) is 16.8. The highest BCUT2D eigenvalue weighted by Gasteiger charge is 2.19. The lowest BCUT2D eigenvalue weighted by atomic mass is 10.1. The molecule has 1 heterocycles. The summed E-state index contributed by atoms with van der Waals surface area (Å²) in [5, 5.41) is 10.9. The highest BCUT2D eigenvalue weighted by Crippen LogP contribution is 2.31. The molecule has 1 N–H and O–H groups in total. The molecule has 0 spiro atoms. The van der Waals surface area contributed by atoms with Gasteiger partial charge in [0.05, 0.1) is 19.5 Å². The zero-order valence-corrected chi connectivity index (χ0v) is 17.6. The van der Waals surface area contributed by atoms with Crippen molar-refractivity contribution >= 4 is 23.4 Å². The molecule has 29 heavy (non-hydrogen) atoms. The second-order valence-electron chi connectivity index (χ2n) is 6.27. The molecule has 0 saturated carbocycles. The first kappa shape index (κ1) is 20.7. The van der Waals surface area contributed by atoms with E-state index in [0.29, 0.717) is 28.2 Å². The molecule has 3 aromatic rings. The number of anilines is 1. The van der Waals surface area contributed by atoms with Crippen molar-refractivity contribution in [2.45, 2.75) is 30.7 Å². The van der Waals surface area contributed by atoms with Crippen LogP contribution < -0.4 is 14.8 Å². The Balaban J connectivity index is 1.66. The molecule has 3 rings (SSSR count). The molecule has 2 aromatic carbocycles. The number of hydrogen-bond donors (Lipinski definition) is 1. The number of aromatic nitrogens is 2. The van der Waals surface area contributed by atoms with Crippen molar-refractivity contribution < 1.29 is 18.7 Å². The third-order valence-corrected chi connectivity index (χ3v) is 5.22. The second kappa shape index (κ2) is 9.47. The van der Waals surface area contributed by atoms with Gasteiger partial charge in [-0.15, -0.1) is 10.2 Å². The quantitative estimate of drug-likeness (QED) is 0.547. The number of hydrogen-bond acceptors (Lipinski definition) is 7. The molecule has 0 aliphatic carbocycles. The van der Waals surface area contributed by atoms with Crippen LogP contribution >= 0.6 is 11.8 Å². The molecular weight excluding hydrogens is 390 g/mol. The molecule has 0 unspecified atom stereocenters. The number of ether oxygens (including phenoxy) is 2. The maximum Gasteiger partial charge on any atom is 0.277 e. The molecule has 0 aliphatic rings. The molecule has 0 saturated heterocycles. The Kier molecular flexibility index (Phi) is 6.77.